The van der Waals surface area contributed by atoms with Crippen molar-refractivity contribution in [3.05, 3.63) is 0 Å². The van der Waals surface area contributed by atoms with Crippen molar-refractivity contribution in [2.75, 3.05) is 11.5 Å². The van der Waals surface area contributed by atoms with Crippen molar-refractivity contribution in [2.45, 2.75) is 46.3 Å². The summed E-state index contributed by atoms with van der Waals surface area (Å²) in [5.74, 6) is 2.13. The lowest BCUT2D eigenvalue weighted by Gasteiger charge is -2.21. The van der Waals surface area contributed by atoms with Crippen LogP contribution in [0.15, 0.2) is 0 Å². The van der Waals surface area contributed by atoms with Crippen molar-refractivity contribution in [3.63, 3.8) is 0 Å². The van der Waals surface area contributed by atoms with E-state index < -0.39 is 17.7 Å². The lowest BCUT2D eigenvalue weighted by Crippen LogP contribution is -2.41. The average Bonchev–Trinajstić information content (AvgIpc) is 2.12. The number of ether oxygens (including phenoxy) is 1. The fraction of sp³-hybridized carbons (Fsp3) is 0.833. The van der Waals surface area contributed by atoms with Crippen LogP contribution in [0.5, 0.6) is 0 Å². The van der Waals surface area contributed by atoms with Crippen LogP contribution in [0.1, 0.15) is 34.6 Å². The maximum absolute atomic E-state index is 11.4. The largest absolute Gasteiger partial charge is 0.444 e. The van der Waals surface area contributed by atoms with E-state index in [1.807, 2.05) is 0 Å². The molecule has 5 heteroatoms. The molecular weight excluding hydrogens is 238 g/mol. The summed E-state index contributed by atoms with van der Waals surface area (Å²) in [7, 11) is 0. The summed E-state index contributed by atoms with van der Waals surface area (Å²) in [5, 5.41) is 2.55. The summed E-state index contributed by atoms with van der Waals surface area (Å²) >= 11 is 1.65. The molecule has 0 aromatic rings. The van der Waals surface area contributed by atoms with Gasteiger partial charge in [0.25, 0.3) is 0 Å². The summed E-state index contributed by atoms with van der Waals surface area (Å²) in [6.07, 6.45) is 0.205. The monoisotopic (exact) mass is 261 g/mol. The van der Waals surface area contributed by atoms with Crippen LogP contribution in [-0.2, 0) is 9.53 Å². The molecule has 0 aromatic heterocycles. The normalized spacial score (nSPS) is 13.3. The molecule has 0 bridgehead atoms. The van der Waals surface area contributed by atoms with E-state index >= 15 is 0 Å². The summed E-state index contributed by atoms with van der Waals surface area (Å²) in [6.45, 7) is 9.59. The molecule has 0 fully saturated rings. The van der Waals surface area contributed by atoms with E-state index in [1.54, 1.807) is 32.5 Å². The molecule has 1 N–H and O–H groups in total. The molecule has 0 saturated carbocycles. The Morgan fingerprint density at radius 3 is 2.35 bits per heavy atom. The first kappa shape index (κ1) is 16.3. The molecule has 17 heavy (non-hydrogen) atoms. The van der Waals surface area contributed by atoms with Crippen LogP contribution < -0.4 is 5.32 Å². The number of amides is 1. The van der Waals surface area contributed by atoms with Crippen LogP contribution in [-0.4, -0.2) is 35.5 Å². The number of alkyl carbamates (subject to hydrolysis) is 1. The van der Waals surface area contributed by atoms with Crippen molar-refractivity contribution in [3.8, 4) is 0 Å². The number of carbonyl (C=O) groups excluding carboxylic acids is 2. The number of carbonyl (C=O) groups is 2. The third-order valence-corrected chi connectivity index (χ3v) is 3.11. The molecule has 1 atom stereocenters. The zero-order valence-electron chi connectivity index (χ0n) is 11.3. The van der Waals surface area contributed by atoms with Crippen molar-refractivity contribution in [1.29, 1.82) is 0 Å². The van der Waals surface area contributed by atoms with Crippen molar-refractivity contribution >= 4 is 24.1 Å². The lowest BCUT2D eigenvalue weighted by atomic mass is 10.2. The summed E-state index contributed by atoms with van der Waals surface area (Å²) in [4.78, 5) is 22.2. The van der Waals surface area contributed by atoms with Gasteiger partial charge in [0.05, 0.1) is 6.04 Å². The van der Waals surface area contributed by atoms with Gasteiger partial charge in [-0.1, -0.05) is 13.8 Å². The van der Waals surface area contributed by atoms with Gasteiger partial charge in [0, 0.05) is 5.75 Å². The predicted molar refractivity (Wildman–Crippen MR) is 71.4 cm³/mol. The molecule has 1 amide bonds. The van der Waals surface area contributed by atoms with E-state index in [9.17, 15) is 9.59 Å². The smallest absolute Gasteiger partial charge is 0.408 e. The molecule has 1 unspecified atom stereocenters. The Hall–Kier alpha value is -0.710. The highest BCUT2D eigenvalue weighted by atomic mass is 32.2. The highest BCUT2D eigenvalue weighted by molar-refractivity contribution is 7.99. The fourth-order valence-corrected chi connectivity index (χ4v) is 2.03. The number of hydrogen-bond acceptors (Lipinski definition) is 4. The van der Waals surface area contributed by atoms with Crippen LogP contribution in [0, 0.1) is 5.92 Å². The number of aldehydes is 1. The summed E-state index contributed by atoms with van der Waals surface area (Å²) < 4.78 is 5.08. The first-order chi connectivity index (χ1) is 7.74. The van der Waals surface area contributed by atoms with E-state index in [2.05, 4.69) is 19.2 Å². The number of nitrogens with one attached hydrogen (secondary N) is 1. The molecule has 0 rings (SSSR count). The SMILES string of the molecule is CC(C)CSCC(C=O)NC(=O)OC(C)(C)C. The molecule has 0 radical (unpaired) electrons. The van der Waals surface area contributed by atoms with Crippen LogP contribution in [0.3, 0.4) is 0 Å². The Balaban J connectivity index is 3.96. The van der Waals surface area contributed by atoms with Gasteiger partial charge in [0.1, 0.15) is 11.9 Å². The third-order valence-electron chi connectivity index (χ3n) is 1.61. The highest BCUT2D eigenvalue weighted by Gasteiger charge is 2.19. The standard InChI is InChI=1S/C12H23NO3S/c1-9(2)7-17-8-10(6-14)13-11(15)16-12(3,4)5/h6,9-10H,7-8H2,1-5H3,(H,13,15). The van der Waals surface area contributed by atoms with E-state index in [0.29, 0.717) is 11.7 Å². The number of rotatable bonds is 6. The van der Waals surface area contributed by atoms with Crippen LogP contribution >= 0.6 is 11.8 Å². The molecule has 0 spiro atoms. The summed E-state index contributed by atoms with van der Waals surface area (Å²) in [6, 6.07) is -0.478. The van der Waals surface area contributed by atoms with Crippen LogP contribution in [0.4, 0.5) is 4.79 Å². The average molecular weight is 261 g/mol. The van der Waals surface area contributed by atoms with E-state index in [-0.39, 0.29) is 0 Å². The summed E-state index contributed by atoms with van der Waals surface area (Å²) in [5.41, 5.74) is -0.539. The second-order valence-corrected chi connectivity index (χ2v) is 6.40. The van der Waals surface area contributed by atoms with Crippen LogP contribution in [0.25, 0.3) is 0 Å². The van der Waals surface area contributed by atoms with E-state index in [0.717, 1.165) is 12.0 Å². The number of thioether (sulfide) groups is 1. The zero-order valence-corrected chi connectivity index (χ0v) is 12.1. The number of hydrogen-bond donors (Lipinski definition) is 1. The molecule has 0 saturated heterocycles. The maximum Gasteiger partial charge on any atom is 0.408 e. The van der Waals surface area contributed by atoms with Gasteiger partial charge in [-0.3, -0.25) is 0 Å². The minimum absolute atomic E-state index is 0.478. The second-order valence-electron chi connectivity index (χ2n) is 5.32. The topological polar surface area (TPSA) is 55.4 Å². The third kappa shape index (κ3) is 10.2. The minimum Gasteiger partial charge on any atom is -0.444 e. The zero-order chi connectivity index (χ0) is 13.5. The van der Waals surface area contributed by atoms with Crippen molar-refractivity contribution in [2.24, 2.45) is 5.92 Å². The highest BCUT2D eigenvalue weighted by Crippen LogP contribution is 2.10. The Kier molecular flexibility index (Phi) is 7.27. The van der Waals surface area contributed by atoms with Gasteiger partial charge >= 0.3 is 6.09 Å². The van der Waals surface area contributed by atoms with Crippen LogP contribution in [0.2, 0.25) is 0 Å². The molecule has 0 aliphatic carbocycles. The lowest BCUT2D eigenvalue weighted by molar-refractivity contribution is -0.109. The van der Waals surface area contributed by atoms with E-state index in [1.165, 1.54) is 0 Å². The predicted octanol–water partition coefficient (Wildman–Crippen LogP) is 2.47. The fourth-order valence-electron chi connectivity index (χ4n) is 1.00. The minimum atomic E-state index is -0.542. The van der Waals surface area contributed by atoms with Gasteiger partial charge in [0.2, 0.25) is 0 Å². The Labute approximate surface area is 108 Å². The molecule has 0 aromatic carbocycles. The first-order valence-corrected chi connectivity index (χ1v) is 6.92. The molecule has 0 heterocycles. The molecule has 4 nitrogen and oxygen atoms in total. The van der Waals surface area contributed by atoms with Crippen molar-refractivity contribution in [1.82, 2.24) is 5.32 Å². The second kappa shape index (κ2) is 7.58. The van der Waals surface area contributed by atoms with E-state index in [4.69, 9.17) is 4.74 Å². The van der Waals surface area contributed by atoms with Gasteiger partial charge in [-0.05, 0) is 32.4 Å². The Bertz CT molecular complexity index is 249. The quantitative estimate of drug-likeness (QED) is 0.746. The molecule has 100 valence electrons. The van der Waals surface area contributed by atoms with Gasteiger partial charge in [0.15, 0.2) is 0 Å². The molecule has 0 aliphatic rings. The van der Waals surface area contributed by atoms with Gasteiger partial charge in [-0.25, -0.2) is 4.79 Å². The Morgan fingerprint density at radius 2 is 1.94 bits per heavy atom. The maximum atomic E-state index is 11.4. The Morgan fingerprint density at radius 1 is 1.35 bits per heavy atom. The van der Waals surface area contributed by atoms with Crippen molar-refractivity contribution < 1.29 is 14.3 Å². The van der Waals surface area contributed by atoms with Gasteiger partial charge < -0.3 is 14.8 Å². The molecular formula is C12H23NO3S. The van der Waals surface area contributed by atoms with Gasteiger partial charge in [-0.15, -0.1) is 0 Å². The van der Waals surface area contributed by atoms with Gasteiger partial charge in [-0.2, -0.15) is 11.8 Å². The molecule has 0 aliphatic heterocycles. The first-order valence-electron chi connectivity index (χ1n) is 5.77.